The van der Waals surface area contributed by atoms with E-state index in [1.165, 1.54) is 0 Å². The molecule has 2 saturated heterocycles. The summed E-state index contributed by atoms with van der Waals surface area (Å²) in [4.78, 5) is 28.7. The fourth-order valence-corrected chi connectivity index (χ4v) is 3.77. The Balaban J connectivity index is 1.58. The van der Waals surface area contributed by atoms with E-state index in [0.717, 1.165) is 31.4 Å². The van der Waals surface area contributed by atoms with Crippen molar-refractivity contribution in [2.24, 2.45) is 5.41 Å². The van der Waals surface area contributed by atoms with Gasteiger partial charge in [0, 0.05) is 38.8 Å². The highest BCUT2D eigenvalue weighted by molar-refractivity contribution is 5.86. The fraction of sp³-hybridized carbons (Fsp3) is 0.688. The van der Waals surface area contributed by atoms with Gasteiger partial charge in [-0.2, -0.15) is 5.10 Å². The van der Waals surface area contributed by atoms with Crippen LogP contribution in [0.25, 0.3) is 0 Å². The maximum Gasteiger partial charge on any atom is 0.230 e. The number of carbonyl (C=O) groups excluding carboxylic acids is 2. The average Bonchev–Trinajstić information content (AvgIpc) is 3.21. The summed E-state index contributed by atoms with van der Waals surface area (Å²) in [7, 11) is 0. The van der Waals surface area contributed by atoms with Crippen LogP contribution in [0.5, 0.6) is 0 Å². The number of β-amino-alcohol motifs (C(OH)–C–C–N with tert-alkyl or cyclic N) is 1. The first kappa shape index (κ1) is 16.0. The summed E-state index contributed by atoms with van der Waals surface area (Å²) in [5.74, 6) is 0.220. The van der Waals surface area contributed by atoms with Gasteiger partial charge in [0.1, 0.15) is 0 Å². The third-order valence-corrected chi connectivity index (χ3v) is 5.08. The number of amides is 2. The number of aromatic nitrogens is 2. The van der Waals surface area contributed by atoms with Crippen molar-refractivity contribution >= 4 is 11.8 Å². The highest BCUT2D eigenvalue weighted by Gasteiger charge is 2.49. The first-order chi connectivity index (χ1) is 11.1. The highest BCUT2D eigenvalue weighted by Crippen LogP contribution is 2.40. The zero-order valence-electron chi connectivity index (χ0n) is 13.3. The van der Waals surface area contributed by atoms with Crippen molar-refractivity contribution in [2.75, 3.05) is 32.8 Å². The number of hydrogen-bond acceptors (Lipinski definition) is 4. The summed E-state index contributed by atoms with van der Waals surface area (Å²) in [5, 5.41) is 15.7. The van der Waals surface area contributed by atoms with Crippen molar-refractivity contribution < 1.29 is 14.7 Å². The Hall–Kier alpha value is -1.89. The van der Waals surface area contributed by atoms with Crippen LogP contribution in [0.15, 0.2) is 12.4 Å². The number of nitrogens with one attached hydrogen (secondary N) is 1. The number of H-pyrrole nitrogens is 1. The van der Waals surface area contributed by atoms with E-state index in [4.69, 9.17) is 5.11 Å². The van der Waals surface area contributed by atoms with Crippen LogP contribution in [0.1, 0.15) is 31.2 Å². The van der Waals surface area contributed by atoms with Gasteiger partial charge in [-0.15, -0.1) is 0 Å². The van der Waals surface area contributed by atoms with E-state index in [0.29, 0.717) is 32.5 Å². The van der Waals surface area contributed by atoms with Gasteiger partial charge < -0.3 is 14.9 Å². The minimum Gasteiger partial charge on any atom is -0.395 e. The van der Waals surface area contributed by atoms with Gasteiger partial charge in [-0.3, -0.25) is 14.7 Å². The number of nitrogens with zero attached hydrogens (tertiary/aromatic N) is 3. The van der Waals surface area contributed by atoms with E-state index < -0.39 is 5.41 Å². The van der Waals surface area contributed by atoms with E-state index in [1.807, 2.05) is 4.90 Å². The first-order valence-corrected chi connectivity index (χ1v) is 8.30. The van der Waals surface area contributed by atoms with Crippen molar-refractivity contribution in [3.8, 4) is 0 Å². The fourth-order valence-electron chi connectivity index (χ4n) is 3.77. The molecule has 23 heavy (non-hydrogen) atoms. The Morgan fingerprint density at radius 1 is 1.39 bits per heavy atom. The number of aryl methyl sites for hydroxylation is 1. The van der Waals surface area contributed by atoms with Gasteiger partial charge in [0.2, 0.25) is 11.8 Å². The molecule has 2 aliphatic heterocycles. The lowest BCUT2D eigenvalue weighted by molar-refractivity contribution is -0.146. The molecule has 1 unspecified atom stereocenters. The maximum atomic E-state index is 12.7. The topological polar surface area (TPSA) is 89.5 Å². The van der Waals surface area contributed by atoms with Gasteiger partial charge in [0.05, 0.1) is 18.2 Å². The lowest BCUT2D eigenvalue weighted by Gasteiger charge is -2.39. The number of hydrogen-bond donors (Lipinski definition) is 2. The molecule has 0 aromatic carbocycles. The Kier molecular flexibility index (Phi) is 4.66. The molecule has 1 aromatic rings. The first-order valence-electron chi connectivity index (χ1n) is 8.30. The molecule has 2 N–H and O–H groups in total. The predicted octanol–water partition coefficient (Wildman–Crippen LogP) is 0.176. The van der Waals surface area contributed by atoms with Gasteiger partial charge in [0.25, 0.3) is 0 Å². The lowest BCUT2D eigenvalue weighted by Crippen LogP contribution is -2.51. The molecule has 1 spiro atoms. The second-order valence-corrected chi connectivity index (χ2v) is 6.57. The normalized spacial score (nSPS) is 24.7. The molecule has 2 fully saturated rings. The number of aromatic amines is 1. The second kappa shape index (κ2) is 6.70. The molecule has 1 aromatic heterocycles. The molecule has 1 atom stereocenters. The van der Waals surface area contributed by atoms with E-state index >= 15 is 0 Å². The van der Waals surface area contributed by atoms with Crippen molar-refractivity contribution in [3.05, 3.63) is 18.0 Å². The number of carbonyl (C=O) groups is 2. The van der Waals surface area contributed by atoms with Gasteiger partial charge in [0.15, 0.2) is 0 Å². The van der Waals surface area contributed by atoms with Crippen LogP contribution < -0.4 is 0 Å². The summed E-state index contributed by atoms with van der Waals surface area (Å²) in [6.07, 6.45) is 7.19. The van der Waals surface area contributed by atoms with Gasteiger partial charge in [-0.1, -0.05) is 0 Å². The Bertz CT molecular complexity index is 558. The molecule has 126 valence electrons. The Morgan fingerprint density at radius 3 is 3.00 bits per heavy atom. The number of rotatable bonds is 5. The van der Waals surface area contributed by atoms with E-state index in [-0.39, 0.29) is 18.4 Å². The number of piperidine rings is 1. The molecule has 0 radical (unpaired) electrons. The molecule has 0 bridgehead atoms. The number of likely N-dealkylation sites (tertiary alicyclic amines) is 2. The molecular formula is C16H24N4O3. The van der Waals surface area contributed by atoms with Gasteiger partial charge in [-0.05, 0) is 31.2 Å². The third kappa shape index (κ3) is 3.24. The van der Waals surface area contributed by atoms with Crippen LogP contribution in [0.2, 0.25) is 0 Å². The molecule has 2 amide bonds. The van der Waals surface area contributed by atoms with Crippen LogP contribution in [0, 0.1) is 5.41 Å². The van der Waals surface area contributed by atoms with Crippen LogP contribution in [0.3, 0.4) is 0 Å². The molecular weight excluding hydrogens is 296 g/mol. The lowest BCUT2D eigenvalue weighted by atomic mass is 9.78. The molecule has 0 aliphatic carbocycles. The minimum absolute atomic E-state index is 0.00480. The summed E-state index contributed by atoms with van der Waals surface area (Å²) < 4.78 is 0. The molecule has 3 rings (SSSR count). The molecule has 7 nitrogen and oxygen atoms in total. The SMILES string of the molecule is O=C(CCc1cn[nH]c1)N1CCC2(CCCN(CCO)C2=O)C1. The highest BCUT2D eigenvalue weighted by atomic mass is 16.3. The summed E-state index contributed by atoms with van der Waals surface area (Å²) in [6, 6.07) is 0. The van der Waals surface area contributed by atoms with Crippen LogP contribution >= 0.6 is 0 Å². The smallest absolute Gasteiger partial charge is 0.230 e. The second-order valence-electron chi connectivity index (χ2n) is 6.57. The van der Waals surface area contributed by atoms with Crippen molar-refractivity contribution in [3.63, 3.8) is 0 Å². The Morgan fingerprint density at radius 2 is 2.26 bits per heavy atom. The van der Waals surface area contributed by atoms with E-state index in [1.54, 1.807) is 17.3 Å². The zero-order chi connectivity index (χ0) is 16.3. The summed E-state index contributed by atoms with van der Waals surface area (Å²) in [6.45, 7) is 2.29. The number of aliphatic hydroxyl groups excluding tert-OH is 1. The summed E-state index contributed by atoms with van der Waals surface area (Å²) in [5.41, 5.74) is 0.605. The van der Waals surface area contributed by atoms with Gasteiger partial charge in [-0.25, -0.2) is 0 Å². The molecule has 3 heterocycles. The van der Waals surface area contributed by atoms with E-state index in [2.05, 4.69) is 10.2 Å². The van der Waals surface area contributed by atoms with Crippen molar-refractivity contribution in [1.82, 2.24) is 20.0 Å². The zero-order valence-corrected chi connectivity index (χ0v) is 13.3. The third-order valence-electron chi connectivity index (χ3n) is 5.08. The number of aliphatic hydroxyl groups is 1. The monoisotopic (exact) mass is 320 g/mol. The summed E-state index contributed by atoms with van der Waals surface area (Å²) >= 11 is 0. The minimum atomic E-state index is -0.418. The Labute approximate surface area is 135 Å². The standard InChI is InChI=1S/C16H24N4O3/c21-9-8-19-6-1-4-16(15(19)23)5-7-20(12-16)14(22)3-2-13-10-17-18-11-13/h10-11,21H,1-9,12H2,(H,17,18). The average molecular weight is 320 g/mol. The molecule has 2 aliphatic rings. The largest absolute Gasteiger partial charge is 0.395 e. The van der Waals surface area contributed by atoms with Crippen LogP contribution in [0.4, 0.5) is 0 Å². The maximum absolute atomic E-state index is 12.7. The van der Waals surface area contributed by atoms with Crippen molar-refractivity contribution in [2.45, 2.75) is 32.1 Å². The molecule has 0 saturated carbocycles. The van der Waals surface area contributed by atoms with E-state index in [9.17, 15) is 9.59 Å². The van der Waals surface area contributed by atoms with Gasteiger partial charge >= 0.3 is 0 Å². The predicted molar refractivity (Wildman–Crippen MR) is 83.4 cm³/mol. The van der Waals surface area contributed by atoms with Crippen molar-refractivity contribution in [1.29, 1.82) is 0 Å². The van der Waals surface area contributed by atoms with Crippen LogP contribution in [-0.2, 0) is 16.0 Å². The quantitative estimate of drug-likeness (QED) is 0.810. The molecule has 7 heteroatoms. The van der Waals surface area contributed by atoms with Crippen LogP contribution in [-0.4, -0.2) is 69.7 Å².